The Hall–Kier alpha value is -2.69. The van der Waals surface area contributed by atoms with Gasteiger partial charge in [-0.1, -0.05) is 31.2 Å². The van der Waals surface area contributed by atoms with Crippen LogP contribution in [0.25, 0.3) is 0 Å². The molecule has 3 rings (SSSR count). The predicted molar refractivity (Wildman–Crippen MR) is 91.6 cm³/mol. The van der Waals surface area contributed by atoms with Gasteiger partial charge in [0.15, 0.2) is 6.23 Å². The SMILES string of the molecule is COc1ccc(C2c3cccc(OC)c3NC(OC=O)C2C)cc1. The van der Waals surface area contributed by atoms with Gasteiger partial charge in [-0.05, 0) is 29.3 Å². The molecule has 0 spiro atoms. The minimum Gasteiger partial charge on any atom is -0.497 e. The van der Waals surface area contributed by atoms with Crippen LogP contribution in [0.2, 0.25) is 0 Å². The van der Waals surface area contributed by atoms with E-state index in [4.69, 9.17) is 14.2 Å². The van der Waals surface area contributed by atoms with Crippen molar-refractivity contribution in [3.05, 3.63) is 53.6 Å². The van der Waals surface area contributed by atoms with Gasteiger partial charge in [0.25, 0.3) is 6.47 Å². The summed E-state index contributed by atoms with van der Waals surface area (Å²) in [6.07, 6.45) is -0.418. The van der Waals surface area contributed by atoms with Gasteiger partial charge in [0.1, 0.15) is 11.5 Å². The minimum absolute atomic E-state index is 0.0585. The lowest BCUT2D eigenvalue weighted by Gasteiger charge is -2.38. The summed E-state index contributed by atoms with van der Waals surface area (Å²) in [5.41, 5.74) is 3.13. The topological polar surface area (TPSA) is 56.8 Å². The van der Waals surface area contributed by atoms with Gasteiger partial charge < -0.3 is 19.5 Å². The molecule has 1 N–H and O–H groups in total. The first-order valence-electron chi connectivity index (χ1n) is 7.86. The van der Waals surface area contributed by atoms with E-state index < -0.39 is 6.23 Å². The van der Waals surface area contributed by atoms with Crippen LogP contribution >= 0.6 is 0 Å². The maximum absolute atomic E-state index is 10.9. The Morgan fingerprint density at radius 2 is 1.79 bits per heavy atom. The number of benzene rings is 2. The molecule has 24 heavy (non-hydrogen) atoms. The normalized spacial score (nSPS) is 22.0. The monoisotopic (exact) mass is 327 g/mol. The van der Waals surface area contributed by atoms with E-state index in [9.17, 15) is 4.79 Å². The Balaban J connectivity index is 2.10. The molecular weight excluding hydrogens is 306 g/mol. The predicted octanol–water partition coefficient (Wildman–Crippen LogP) is 3.40. The van der Waals surface area contributed by atoms with E-state index in [0.29, 0.717) is 6.47 Å². The van der Waals surface area contributed by atoms with Crippen molar-refractivity contribution in [1.82, 2.24) is 0 Å². The van der Waals surface area contributed by atoms with Crippen LogP contribution in [0.1, 0.15) is 24.0 Å². The number of fused-ring (bicyclic) bond motifs is 1. The first kappa shape index (κ1) is 16.2. The summed E-state index contributed by atoms with van der Waals surface area (Å²) in [5, 5.41) is 3.29. The first-order chi connectivity index (χ1) is 11.7. The molecule has 0 fully saturated rings. The number of anilines is 1. The van der Waals surface area contributed by atoms with Crippen LogP contribution in [0.3, 0.4) is 0 Å². The molecule has 2 aromatic rings. The molecule has 3 atom stereocenters. The molecule has 1 aliphatic rings. The standard InChI is InChI=1S/C19H21NO4/c1-12-17(13-7-9-14(22-2)10-8-13)15-5-4-6-16(23-3)18(15)20-19(12)24-11-21/h4-12,17,19-20H,1-3H3. The van der Waals surface area contributed by atoms with E-state index in [1.165, 1.54) is 0 Å². The van der Waals surface area contributed by atoms with Crippen LogP contribution in [0, 0.1) is 5.92 Å². The summed E-state index contributed by atoms with van der Waals surface area (Å²) in [6.45, 7) is 2.55. The number of carbonyl (C=O) groups is 1. The third-order valence-electron chi connectivity index (χ3n) is 4.58. The molecule has 0 radical (unpaired) electrons. The van der Waals surface area contributed by atoms with E-state index in [1.54, 1.807) is 14.2 Å². The highest BCUT2D eigenvalue weighted by molar-refractivity contribution is 5.67. The smallest absolute Gasteiger partial charge is 0.295 e. The zero-order valence-electron chi connectivity index (χ0n) is 14.0. The summed E-state index contributed by atoms with van der Waals surface area (Å²) in [7, 11) is 3.28. The number of carbonyl (C=O) groups excluding carboxylic acids is 1. The largest absolute Gasteiger partial charge is 0.497 e. The fourth-order valence-electron chi connectivity index (χ4n) is 3.38. The number of hydrogen-bond donors (Lipinski definition) is 1. The number of methoxy groups -OCH3 is 2. The van der Waals surface area contributed by atoms with Crippen LogP contribution in [-0.4, -0.2) is 26.9 Å². The molecule has 0 aromatic heterocycles. The molecular formula is C19H21NO4. The van der Waals surface area contributed by atoms with E-state index in [1.807, 2.05) is 36.4 Å². The maximum atomic E-state index is 10.9. The second-order valence-corrected chi connectivity index (χ2v) is 5.83. The number of nitrogens with one attached hydrogen (secondary N) is 1. The summed E-state index contributed by atoms with van der Waals surface area (Å²) in [6, 6.07) is 13.9. The van der Waals surface area contributed by atoms with Gasteiger partial charge in [0.05, 0.1) is 19.9 Å². The van der Waals surface area contributed by atoms with E-state index >= 15 is 0 Å². The molecule has 126 valence electrons. The van der Waals surface area contributed by atoms with E-state index in [-0.39, 0.29) is 11.8 Å². The average molecular weight is 327 g/mol. The summed E-state index contributed by atoms with van der Waals surface area (Å²) < 4.78 is 16.0. The third-order valence-corrected chi connectivity index (χ3v) is 4.58. The number of hydrogen-bond acceptors (Lipinski definition) is 5. The lowest BCUT2D eigenvalue weighted by atomic mass is 9.77. The van der Waals surface area contributed by atoms with Gasteiger partial charge in [-0.3, -0.25) is 4.79 Å². The van der Waals surface area contributed by atoms with Gasteiger partial charge in [-0.15, -0.1) is 0 Å². The van der Waals surface area contributed by atoms with Crippen LogP contribution in [0.5, 0.6) is 11.5 Å². The van der Waals surface area contributed by atoms with Crippen LogP contribution in [0.4, 0.5) is 5.69 Å². The summed E-state index contributed by atoms with van der Waals surface area (Å²) >= 11 is 0. The van der Waals surface area contributed by atoms with Gasteiger partial charge >= 0.3 is 0 Å². The fourth-order valence-corrected chi connectivity index (χ4v) is 3.38. The van der Waals surface area contributed by atoms with Crippen LogP contribution < -0.4 is 14.8 Å². The molecule has 0 amide bonds. The Kier molecular flexibility index (Phi) is 4.60. The molecule has 2 aromatic carbocycles. The number of rotatable bonds is 5. The minimum atomic E-state index is -0.418. The molecule has 5 nitrogen and oxygen atoms in total. The zero-order chi connectivity index (χ0) is 17.1. The fraction of sp³-hybridized carbons (Fsp3) is 0.316. The molecule has 0 saturated carbocycles. The Morgan fingerprint density at radius 1 is 1.04 bits per heavy atom. The van der Waals surface area contributed by atoms with Crippen LogP contribution in [-0.2, 0) is 9.53 Å². The summed E-state index contributed by atoms with van der Waals surface area (Å²) in [4.78, 5) is 10.9. The van der Waals surface area contributed by atoms with Crippen molar-refractivity contribution in [3.8, 4) is 11.5 Å². The van der Waals surface area contributed by atoms with Crippen molar-refractivity contribution in [3.63, 3.8) is 0 Å². The molecule has 0 bridgehead atoms. The number of para-hydroxylation sites is 1. The average Bonchev–Trinajstić information content (AvgIpc) is 2.62. The van der Waals surface area contributed by atoms with Crippen molar-refractivity contribution in [2.45, 2.75) is 19.1 Å². The highest BCUT2D eigenvalue weighted by Crippen LogP contribution is 2.46. The van der Waals surface area contributed by atoms with Crippen molar-refractivity contribution < 1.29 is 19.0 Å². The van der Waals surface area contributed by atoms with Crippen molar-refractivity contribution in [1.29, 1.82) is 0 Å². The van der Waals surface area contributed by atoms with E-state index in [0.717, 1.165) is 28.3 Å². The van der Waals surface area contributed by atoms with Crippen molar-refractivity contribution >= 4 is 12.2 Å². The first-order valence-corrected chi connectivity index (χ1v) is 7.86. The van der Waals surface area contributed by atoms with Crippen LogP contribution in [0.15, 0.2) is 42.5 Å². The van der Waals surface area contributed by atoms with Gasteiger partial charge in [-0.25, -0.2) is 0 Å². The van der Waals surface area contributed by atoms with Gasteiger partial charge in [-0.2, -0.15) is 0 Å². The molecule has 0 aliphatic carbocycles. The highest BCUT2D eigenvalue weighted by Gasteiger charge is 2.37. The van der Waals surface area contributed by atoms with Gasteiger partial charge in [0.2, 0.25) is 0 Å². The number of ether oxygens (including phenoxy) is 3. The quantitative estimate of drug-likeness (QED) is 0.853. The molecule has 1 heterocycles. The summed E-state index contributed by atoms with van der Waals surface area (Å²) in [5.74, 6) is 1.68. The second kappa shape index (κ2) is 6.83. The zero-order valence-corrected chi connectivity index (χ0v) is 14.0. The molecule has 0 saturated heterocycles. The Labute approximate surface area is 141 Å². The third kappa shape index (κ3) is 2.77. The molecule has 5 heteroatoms. The lowest BCUT2D eigenvalue weighted by molar-refractivity contribution is -0.134. The van der Waals surface area contributed by atoms with Gasteiger partial charge in [0, 0.05) is 11.8 Å². The second-order valence-electron chi connectivity index (χ2n) is 5.83. The lowest BCUT2D eigenvalue weighted by Crippen LogP contribution is -2.38. The molecule has 3 unspecified atom stereocenters. The Morgan fingerprint density at radius 3 is 2.42 bits per heavy atom. The highest BCUT2D eigenvalue weighted by atomic mass is 16.5. The van der Waals surface area contributed by atoms with E-state index in [2.05, 4.69) is 18.3 Å². The maximum Gasteiger partial charge on any atom is 0.295 e. The molecule has 1 aliphatic heterocycles. The van der Waals surface area contributed by atoms with Crippen molar-refractivity contribution in [2.75, 3.05) is 19.5 Å². The Bertz CT molecular complexity index is 714. The van der Waals surface area contributed by atoms with Crippen molar-refractivity contribution in [2.24, 2.45) is 5.92 Å².